The third-order valence-electron chi connectivity index (χ3n) is 3.97. The maximum Gasteiger partial charge on any atom is 0.255 e. The monoisotopic (exact) mass is 339 g/mol. The van der Waals surface area contributed by atoms with Gasteiger partial charge in [-0.2, -0.15) is 0 Å². The molecule has 0 aliphatic heterocycles. The predicted molar refractivity (Wildman–Crippen MR) is 96.3 cm³/mol. The molecule has 0 radical (unpaired) electrons. The van der Waals surface area contributed by atoms with Crippen LogP contribution < -0.4 is 14.8 Å². The zero-order chi connectivity index (χ0) is 17.6. The van der Waals surface area contributed by atoms with E-state index in [4.69, 9.17) is 9.47 Å². The van der Waals surface area contributed by atoms with Crippen molar-refractivity contribution in [3.63, 3.8) is 0 Å². The Labute approximate surface area is 146 Å². The van der Waals surface area contributed by atoms with E-state index in [0.717, 1.165) is 29.7 Å². The maximum absolute atomic E-state index is 12.4. The van der Waals surface area contributed by atoms with Crippen LogP contribution in [0.25, 0.3) is 11.0 Å². The van der Waals surface area contributed by atoms with Crippen molar-refractivity contribution < 1.29 is 14.3 Å². The number of ether oxygens (including phenoxy) is 2. The van der Waals surface area contributed by atoms with E-state index in [-0.39, 0.29) is 5.91 Å². The number of carbonyl (C=O) groups is 1. The Kier molecular flexibility index (Phi) is 5.18. The smallest absolute Gasteiger partial charge is 0.255 e. The van der Waals surface area contributed by atoms with Crippen LogP contribution in [0.2, 0.25) is 0 Å². The molecule has 2 aromatic carbocycles. The minimum atomic E-state index is -0.180. The van der Waals surface area contributed by atoms with Crippen molar-refractivity contribution >= 4 is 16.9 Å². The number of imidazole rings is 1. The molecule has 3 aromatic rings. The van der Waals surface area contributed by atoms with Gasteiger partial charge in [0, 0.05) is 13.0 Å². The number of fused-ring (bicyclic) bond motifs is 1. The molecule has 25 heavy (non-hydrogen) atoms. The van der Waals surface area contributed by atoms with Crippen molar-refractivity contribution in [2.45, 2.75) is 12.8 Å². The lowest BCUT2D eigenvalue weighted by atomic mass is 10.1. The van der Waals surface area contributed by atoms with Crippen molar-refractivity contribution in [3.05, 3.63) is 53.9 Å². The molecule has 0 aliphatic rings. The van der Waals surface area contributed by atoms with Crippen LogP contribution in [0.3, 0.4) is 0 Å². The molecule has 1 heterocycles. The van der Waals surface area contributed by atoms with Crippen molar-refractivity contribution in [1.29, 1.82) is 0 Å². The summed E-state index contributed by atoms with van der Waals surface area (Å²) in [5.74, 6) is 1.89. The predicted octanol–water partition coefficient (Wildman–Crippen LogP) is 2.94. The number of benzene rings is 2. The molecule has 0 bridgehead atoms. The number of hydrogen-bond donors (Lipinski definition) is 2. The standard InChI is InChI=1S/C19H21N3O3/c1-24-13-9-10-17(25-2)14(12-13)19(23)20-11-5-8-18-21-15-6-3-4-7-16(15)22-18/h3-4,6-7,9-10,12H,5,8,11H2,1-2H3,(H,20,23)(H,21,22). The van der Waals surface area contributed by atoms with Crippen molar-refractivity contribution in [3.8, 4) is 11.5 Å². The fourth-order valence-electron chi connectivity index (χ4n) is 2.67. The van der Waals surface area contributed by atoms with Gasteiger partial charge in [0.2, 0.25) is 0 Å². The zero-order valence-corrected chi connectivity index (χ0v) is 14.3. The summed E-state index contributed by atoms with van der Waals surface area (Å²) in [6, 6.07) is 13.1. The molecule has 2 N–H and O–H groups in total. The lowest BCUT2D eigenvalue weighted by Crippen LogP contribution is -2.25. The van der Waals surface area contributed by atoms with E-state index in [1.165, 1.54) is 0 Å². The third kappa shape index (κ3) is 3.91. The normalized spacial score (nSPS) is 10.6. The van der Waals surface area contributed by atoms with Crippen LogP contribution in [-0.2, 0) is 6.42 Å². The van der Waals surface area contributed by atoms with Gasteiger partial charge in [0.1, 0.15) is 17.3 Å². The number of methoxy groups -OCH3 is 2. The van der Waals surface area contributed by atoms with Crippen LogP contribution >= 0.6 is 0 Å². The lowest BCUT2D eigenvalue weighted by Gasteiger charge is -2.10. The van der Waals surface area contributed by atoms with Crippen LogP contribution in [-0.4, -0.2) is 36.6 Å². The molecule has 0 saturated carbocycles. The topological polar surface area (TPSA) is 76.2 Å². The fraction of sp³-hybridized carbons (Fsp3) is 0.263. The number of para-hydroxylation sites is 2. The molecule has 6 heteroatoms. The van der Waals surface area contributed by atoms with Gasteiger partial charge >= 0.3 is 0 Å². The van der Waals surface area contributed by atoms with E-state index in [2.05, 4.69) is 15.3 Å². The van der Waals surface area contributed by atoms with E-state index in [1.807, 2.05) is 24.3 Å². The van der Waals surface area contributed by atoms with Gasteiger partial charge in [-0.1, -0.05) is 12.1 Å². The van der Waals surface area contributed by atoms with Crippen LogP contribution in [0.5, 0.6) is 11.5 Å². The Balaban J connectivity index is 1.55. The Bertz CT molecular complexity index is 840. The average Bonchev–Trinajstić information content (AvgIpc) is 3.07. The number of rotatable bonds is 7. The molecular weight excluding hydrogens is 318 g/mol. The maximum atomic E-state index is 12.4. The molecule has 1 aromatic heterocycles. The summed E-state index contributed by atoms with van der Waals surface area (Å²) in [5.41, 5.74) is 2.45. The summed E-state index contributed by atoms with van der Waals surface area (Å²) >= 11 is 0. The van der Waals surface area contributed by atoms with Gasteiger partial charge in [0.15, 0.2) is 0 Å². The van der Waals surface area contributed by atoms with Gasteiger partial charge in [-0.3, -0.25) is 4.79 Å². The summed E-state index contributed by atoms with van der Waals surface area (Å²) in [6.45, 7) is 0.552. The molecule has 0 atom stereocenters. The summed E-state index contributed by atoms with van der Waals surface area (Å²) in [4.78, 5) is 20.2. The largest absolute Gasteiger partial charge is 0.497 e. The highest BCUT2D eigenvalue weighted by atomic mass is 16.5. The second kappa shape index (κ2) is 7.70. The van der Waals surface area contributed by atoms with Crippen LogP contribution in [0.4, 0.5) is 0 Å². The van der Waals surface area contributed by atoms with Gasteiger partial charge in [-0.25, -0.2) is 4.98 Å². The summed E-state index contributed by atoms with van der Waals surface area (Å²) in [6.07, 6.45) is 1.56. The van der Waals surface area contributed by atoms with Crippen LogP contribution in [0.1, 0.15) is 22.6 Å². The molecule has 1 amide bonds. The summed E-state index contributed by atoms with van der Waals surface area (Å²) < 4.78 is 10.4. The molecule has 0 spiro atoms. The summed E-state index contributed by atoms with van der Waals surface area (Å²) in [5, 5.41) is 2.91. The molecule has 0 unspecified atom stereocenters. The molecule has 6 nitrogen and oxygen atoms in total. The van der Waals surface area contributed by atoms with Crippen molar-refractivity contribution in [2.75, 3.05) is 20.8 Å². The molecule has 130 valence electrons. The number of nitrogens with zero attached hydrogens (tertiary/aromatic N) is 1. The SMILES string of the molecule is COc1ccc(OC)c(C(=O)NCCCc2nc3ccccc3[nH]2)c1. The quantitative estimate of drug-likeness (QED) is 0.649. The van der Waals surface area contributed by atoms with E-state index in [1.54, 1.807) is 32.4 Å². The molecule has 0 aliphatic carbocycles. The number of hydrogen-bond acceptors (Lipinski definition) is 4. The first-order chi connectivity index (χ1) is 12.2. The first-order valence-electron chi connectivity index (χ1n) is 8.15. The minimum Gasteiger partial charge on any atom is -0.497 e. The third-order valence-corrected chi connectivity index (χ3v) is 3.97. The Morgan fingerprint density at radius 3 is 2.76 bits per heavy atom. The lowest BCUT2D eigenvalue weighted by molar-refractivity contribution is 0.0949. The first-order valence-corrected chi connectivity index (χ1v) is 8.15. The number of aromatic amines is 1. The second-order valence-corrected chi connectivity index (χ2v) is 5.63. The zero-order valence-electron chi connectivity index (χ0n) is 14.3. The number of H-pyrrole nitrogens is 1. The first kappa shape index (κ1) is 16.8. The highest BCUT2D eigenvalue weighted by Gasteiger charge is 2.13. The number of nitrogens with one attached hydrogen (secondary N) is 2. The molecule has 0 saturated heterocycles. The van der Waals surface area contributed by atoms with Crippen molar-refractivity contribution in [1.82, 2.24) is 15.3 Å². The van der Waals surface area contributed by atoms with Crippen molar-refractivity contribution in [2.24, 2.45) is 0 Å². The molecule has 3 rings (SSSR count). The van der Waals surface area contributed by atoms with Gasteiger partial charge in [0.05, 0.1) is 30.8 Å². The highest BCUT2D eigenvalue weighted by molar-refractivity contribution is 5.97. The van der Waals surface area contributed by atoms with Gasteiger partial charge in [0.25, 0.3) is 5.91 Å². The number of aromatic nitrogens is 2. The summed E-state index contributed by atoms with van der Waals surface area (Å²) in [7, 11) is 3.11. The average molecular weight is 339 g/mol. The van der Waals surface area contributed by atoms with Crippen LogP contribution in [0.15, 0.2) is 42.5 Å². The van der Waals surface area contributed by atoms with E-state index in [0.29, 0.717) is 23.6 Å². The Morgan fingerprint density at radius 2 is 2.00 bits per heavy atom. The minimum absolute atomic E-state index is 0.180. The van der Waals surface area contributed by atoms with E-state index >= 15 is 0 Å². The Hall–Kier alpha value is -3.02. The Morgan fingerprint density at radius 1 is 1.16 bits per heavy atom. The highest BCUT2D eigenvalue weighted by Crippen LogP contribution is 2.23. The van der Waals surface area contributed by atoms with E-state index in [9.17, 15) is 4.79 Å². The van der Waals surface area contributed by atoms with Gasteiger partial charge in [-0.15, -0.1) is 0 Å². The number of carbonyl (C=O) groups excluding carboxylic acids is 1. The number of amides is 1. The second-order valence-electron chi connectivity index (χ2n) is 5.63. The molecular formula is C19H21N3O3. The van der Waals surface area contributed by atoms with Crippen LogP contribution in [0, 0.1) is 0 Å². The number of aryl methyl sites for hydroxylation is 1. The van der Waals surface area contributed by atoms with E-state index < -0.39 is 0 Å². The molecule has 0 fully saturated rings. The fourth-order valence-corrected chi connectivity index (χ4v) is 2.67. The van der Waals surface area contributed by atoms with Gasteiger partial charge in [-0.05, 0) is 36.8 Å². The van der Waals surface area contributed by atoms with Gasteiger partial charge < -0.3 is 19.8 Å².